The van der Waals surface area contributed by atoms with Crippen molar-refractivity contribution in [3.63, 3.8) is 0 Å². The van der Waals surface area contributed by atoms with E-state index < -0.39 is 5.67 Å². The third-order valence-electron chi connectivity index (χ3n) is 2.41. The number of carbonyl (C=O) groups excluding carboxylic acids is 1. The third kappa shape index (κ3) is 0.876. The van der Waals surface area contributed by atoms with E-state index in [0.29, 0.717) is 24.7 Å². The molecule has 1 atom stereocenters. The molecule has 0 spiro atoms. The number of hydrogen-bond acceptors (Lipinski definition) is 1. The summed E-state index contributed by atoms with van der Waals surface area (Å²) in [6, 6.07) is 7.20. The number of benzene rings is 1. The SMILES string of the molecule is O=C[C@]1(F)CCc2ccccc21. The zero-order valence-corrected chi connectivity index (χ0v) is 6.59. The van der Waals surface area contributed by atoms with Gasteiger partial charge in [-0.3, -0.25) is 4.79 Å². The van der Waals surface area contributed by atoms with Gasteiger partial charge in [0.2, 0.25) is 0 Å². The molecule has 1 aromatic carbocycles. The van der Waals surface area contributed by atoms with E-state index in [4.69, 9.17) is 0 Å². The Labute approximate surface area is 70.2 Å². The Bertz CT molecular complexity index is 321. The first-order chi connectivity index (χ1) is 5.76. The van der Waals surface area contributed by atoms with Crippen LogP contribution in [-0.4, -0.2) is 6.29 Å². The normalized spacial score (nSPS) is 26.8. The summed E-state index contributed by atoms with van der Waals surface area (Å²) in [4.78, 5) is 10.5. The molecule has 2 rings (SSSR count). The molecule has 0 saturated carbocycles. The summed E-state index contributed by atoms with van der Waals surface area (Å²) in [7, 11) is 0. The van der Waals surface area contributed by atoms with E-state index >= 15 is 0 Å². The fourth-order valence-electron chi connectivity index (χ4n) is 1.72. The molecule has 2 heteroatoms. The van der Waals surface area contributed by atoms with Gasteiger partial charge in [0.25, 0.3) is 0 Å². The van der Waals surface area contributed by atoms with Crippen LogP contribution in [0, 0.1) is 0 Å². The quantitative estimate of drug-likeness (QED) is 0.580. The van der Waals surface area contributed by atoms with Crippen LogP contribution in [0.5, 0.6) is 0 Å². The summed E-state index contributed by atoms with van der Waals surface area (Å²) in [5, 5.41) is 0. The van der Waals surface area contributed by atoms with Crippen LogP contribution in [0.2, 0.25) is 0 Å². The third-order valence-corrected chi connectivity index (χ3v) is 2.41. The first kappa shape index (κ1) is 7.47. The largest absolute Gasteiger partial charge is 0.299 e. The number of halogens is 1. The summed E-state index contributed by atoms with van der Waals surface area (Å²) < 4.78 is 13.7. The van der Waals surface area contributed by atoms with Gasteiger partial charge in [-0.15, -0.1) is 0 Å². The summed E-state index contributed by atoms with van der Waals surface area (Å²) in [5.41, 5.74) is -0.191. The predicted octanol–water partition coefficient (Wildman–Crippen LogP) is 2.00. The fourth-order valence-corrected chi connectivity index (χ4v) is 1.72. The van der Waals surface area contributed by atoms with Gasteiger partial charge < -0.3 is 0 Å². The maximum atomic E-state index is 13.7. The molecule has 0 unspecified atom stereocenters. The molecule has 0 bridgehead atoms. The van der Waals surface area contributed by atoms with E-state index in [2.05, 4.69) is 0 Å². The van der Waals surface area contributed by atoms with Gasteiger partial charge in [0.1, 0.15) is 0 Å². The second kappa shape index (κ2) is 2.41. The molecule has 0 aliphatic heterocycles. The van der Waals surface area contributed by atoms with Gasteiger partial charge >= 0.3 is 0 Å². The van der Waals surface area contributed by atoms with Crippen molar-refractivity contribution in [2.45, 2.75) is 18.5 Å². The smallest absolute Gasteiger partial charge is 0.191 e. The number of rotatable bonds is 1. The summed E-state index contributed by atoms with van der Waals surface area (Å²) in [5.74, 6) is 0. The molecule has 12 heavy (non-hydrogen) atoms. The second-order valence-electron chi connectivity index (χ2n) is 3.14. The van der Waals surface area contributed by atoms with E-state index in [0.717, 1.165) is 5.56 Å². The van der Waals surface area contributed by atoms with Gasteiger partial charge in [0.05, 0.1) is 0 Å². The van der Waals surface area contributed by atoms with Crippen molar-refractivity contribution >= 4 is 6.29 Å². The highest BCUT2D eigenvalue weighted by molar-refractivity contribution is 5.68. The fraction of sp³-hybridized carbons (Fsp3) is 0.300. The van der Waals surface area contributed by atoms with Crippen LogP contribution in [0.4, 0.5) is 4.39 Å². The van der Waals surface area contributed by atoms with Crippen LogP contribution >= 0.6 is 0 Å². The second-order valence-corrected chi connectivity index (χ2v) is 3.14. The van der Waals surface area contributed by atoms with Crippen molar-refractivity contribution < 1.29 is 9.18 Å². The molecule has 1 aliphatic carbocycles. The van der Waals surface area contributed by atoms with Gasteiger partial charge in [0, 0.05) is 0 Å². The maximum Gasteiger partial charge on any atom is 0.191 e. The lowest BCUT2D eigenvalue weighted by molar-refractivity contribution is -0.118. The minimum Gasteiger partial charge on any atom is -0.299 e. The highest BCUT2D eigenvalue weighted by Gasteiger charge is 2.38. The molecule has 1 nitrogen and oxygen atoms in total. The van der Waals surface area contributed by atoms with Gasteiger partial charge in [-0.2, -0.15) is 0 Å². The topological polar surface area (TPSA) is 17.1 Å². The average Bonchev–Trinajstić information content (AvgIpc) is 2.46. The number of carbonyl (C=O) groups is 1. The van der Waals surface area contributed by atoms with Crippen molar-refractivity contribution in [1.82, 2.24) is 0 Å². The van der Waals surface area contributed by atoms with Crippen molar-refractivity contribution in [3.05, 3.63) is 35.4 Å². The number of alkyl halides is 1. The lowest BCUT2D eigenvalue weighted by Gasteiger charge is -2.11. The molecule has 0 radical (unpaired) electrons. The minimum absolute atomic E-state index is 0.301. The molecular formula is C10H9FO. The molecule has 0 amide bonds. The molecule has 62 valence electrons. The van der Waals surface area contributed by atoms with Crippen molar-refractivity contribution in [2.75, 3.05) is 0 Å². The summed E-state index contributed by atoms with van der Waals surface area (Å²) >= 11 is 0. The number of aldehydes is 1. The van der Waals surface area contributed by atoms with Gasteiger partial charge in [0.15, 0.2) is 12.0 Å². The Morgan fingerprint density at radius 3 is 2.92 bits per heavy atom. The molecule has 0 heterocycles. The Balaban J connectivity index is 2.56. The van der Waals surface area contributed by atoms with E-state index in [-0.39, 0.29) is 0 Å². The van der Waals surface area contributed by atoms with Gasteiger partial charge in [-0.05, 0) is 24.0 Å². The zero-order chi connectivity index (χ0) is 8.60. The monoisotopic (exact) mass is 164 g/mol. The predicted molar refractivity (Wildman–Crippen MR) is 43.6 cm³/mol. The molecule has 1 aliphatic rings. The average molecular weight is 164 g/mol. The lowest BCUT2D eigenvalue weighted by atomic mass is 10.0. The number of aryl methyl sites for hydroxylation is 1. The standard InChI is InChI=1S/C10H9FO/c11-10(7-12)6-5-8-3-1-2-4-9(8)10/h1-4,7H,5-6H2/t10-/m1/s1. The summed E-state index contributed by atoms with van der Waals surface area (Å²) in [6.07, 6.45) is 1.39. The maximum absolute atomic E-state index is 13.7. The zero-order valence-electron chi connectivity index (χ0n) is 6.59. The van der Waals surface area contributed by atoms with Crippen LogP contribution in [0.25, 0.3) is 0 Å². The highest BCUT2D eigenvalue weighted by atomic mass is 19.1. The van der Waals surface area contributed by atoms with Crippen LogP contribution in [0.1, 0.15) is 17.5 Å². The number of hydrogen-bond donors (Lipinski definition) is 0. The first-order valence-electron chi connectivity index (χ1n) is 4.00. The molecule has 1 aromatic rings. The van der Waals surface area contributed by atoms with E-state index in [1.54, 1.807) is 12.1 Å². The molecule has 0 aromatic heterocycles. The molecule has 0 fully saturated rings. The Morgan fingerprint density at radius 1 is 1.42 bits per heavy atom. The molecule has 0 N–H and O–H groups in total. The van der Waals surface area contributed by atoms with Crippen LogP contribution in [0.15, 0.2) is 24.3 Å². The number of fused-ring (bicyclic) bond motifs is 1. The molecular weight excluding hydrogens is 155 g/mol. The molecule has 0 saturated heterocycles. The van der Waals surface area contributed by atoms with Crippen LogP contribution in [0.3, 0.4) is 0 Å². The van der Waals surface area contributed by atoms with E-state index in [1.165, 1.54) is 0 Å². The Morgan fingerprint density at radius 2 is 2.17 bits per heavy atom. The van der Waals surface area contributed by atoms with Crippen molar-refractivity contribution in [1.29, 1.82) is 0 Å². The Kier molecular flexibility index (Phi) is 1.50. The van der Waals surface area contributed by atoms with Crippen molar-refractivity contribution in [3.8, 4) is 0 Å². The van der Waals surface area contributed by atoms with Gasteiger partial charge in [-0.25, -0.2) is 4.39 Å². The van der Waals surface area contributed by atoms with Crippen molar-refractivity contribution in [2.24, 2.45) is 0 Å². The van der Waals surface area contributed by atoms with E-state index in [9.17, 15) is 9.18 Å². The summed E-state index contributed by atoms with van der Waals surface area (Å²) in [6.45, 7) is 0. The van der Waals surface area contributed by atoms with Gasteiger partial charge in [-0.1, -0.05) is 24.3 Å². The van der Waals surface area contributed by atoms with Crippen LogP contribution in [-0.2, 0) is 16.9 Å². The first-order valence-corrected chi connectivity index (χ1v) is 4.00. The Hall–Kier alpha value is -1.18. The van der Waals surface area contributed by atoms with Crippen LogP contribution < -0.4 is 0 Å². The van der Waals surface area contributed by atoms with E-state index in [1.807, 2.05) is 12.1 Å². The minimum atomic E-state index is -1.71. The lowest BCUT2D eigenvalue weighted by Crippen LogP contribution is -2.17. The highest BCUT2D eigenvalue weighted by Crippen LogP contribution is 2.38.